The molecule has 0 amide bonds. The Morgan fingerprint density at radius 3 is 2.58 bits per heavy atom. The van der Waals surface area contributed by atoms with E-state index in [2.05, 4.69) is 20.9 Å². The Labute approximate surface area is 75.7 Å². The molecule has 0 bridgehead atoms. The van der Waals surface area contributed by atoms with Gasteiger partial charge in [-0.1, -0.05) is 15.9 Å². The summed E-state index contributed by atoms with van der Waals surface area (Å²) in [5, 5.41) is 0.355. The maximum atomic E-state index is 12.7. The normalized spacial score (nSPS) is 10.8. The molecule has 1 aromatic heterocycles. The summed E-state index contributed by atoms with van der Waals surface area (Å²) in [6, 6.07) is 0.996. The molecule has 66 valence electrons. The average Bonchev–Trinajstić information content (AvgIpc) is 2.03. The number of rotatable bonds is 2. The zero-order chi connectivity index (χ0) is 9.14. The minimum Gasteiger partial charge on any atom is -0.260 e. The summed E-state index contributed by atoms with van der Waals surface area (Å²) in [6.07, 6.45) is -1.95. The van der Waals surface area contributed by atoms with Crippen LogP contribution in [0.15, 0.2) is 12.3 Å². The molecule has 1 nitrogen and oxygen atoms in total. The summed E-state index contributed by atoms with van der Waals surface area (Å²) in [4.78, 5) is 3.61. The molecule has 0 aliphatic heterocycles. The van der Waals surface area contributed by atoms with E-state index in [4.69, 9.17) is 0 Å². The van der Waals surface area contributed by atoms with Crippen molar-refractivity contribution in [3.05, 3.63) is 29.3 Å². The number of hydrogen-bond donors (Lipinski definition) is 0. The summed E-state index contributed by atoms with van der Waals surface area (Å²) in [5.74, 6) is -0.908. The summed E-state index contributed by atoms with van der Waals surface area (Å²) in [7, 11) is 0. The highest BCUT2D eigenvalue weighted by Gasteiger charge is 2.13. The second kappa shape index (κ2) is 3.89. The molecule has 1 rings (SSSR count). The van der Waals surface area contributed by atoms with Gasteiger partial charge >= 0.3 is 0 Å². The van der Waals surface area contributed by atoms with E-state index in [0.29, 0.717) is 11.0 Å². The molecule has 12 heavy (non-hydrogen) atoms. The molecule has 0 aromatic carbocycles. The molecule has 0 saturated carbocycles. The van der Waals surface area contributed by atoms with Gasteiger partial charge in [-0.3, -0.25) is 4.98 Å². The van der Waals surface area contributed by atoms with Crippen molar-refractivity contribution in [1.29, 1.82) is 0 Å². The van der Waals surface area contributed by atoms with E-state index in [1.165, 1.54) is 0 Å². The van der Waals surface area contributed by atoms with E-state index >= 15 is 0 Å². The molecule has 0 spiro atoms. The van der Waals surface area contributed by atoms with Gasteiger partial charge < -0.3 is 0 Å². The average molecular weight is 240 g/mol. The summed E-state index contributed by atoms with van der Waals surface area (Å²) in [6.45, 7) is 0. The van der Waals surface area contributed by atoms with E-state index < -0.39 is 17.8 Å². The molecule has 0 radical (unpaired) electrons. The summed E-state index contributed by atoms with van der Waals surface area (Å²) >= 11 is 3.04. The quantitative estimate of drug-likeness (QED) is 0.724. The second-order valence-electron chi connectivity index (χ2n) is 2.13. The van der Waals surface area contributed by atoms with Crippen LogP contribution in [-0.4, -0.2) is 4.98 Å². The highest BCUT2D eigenvalue weighted by atomic mass is 79.9. The lowest BCUT2D eigenvalue weighted by Gasteiger charge is -2.01. The zero-order valence-electron chi connectivity index (χ0n) is 5.90. The molecule has 0 aliphatic rings. The molecule has 0 unspecified atom stereocenters. The molecular weight excluding hydrogens is 235 g/mol. The van der Waals surface area contributed by atoms with Gasteiger partial charge in [-0.2, -0.15) is 0 Å². The lowest BCUT2D eigenvalue weighted by molar-refractivity contribution is 0.146. The third kappa shape index (κ3) is 1.97. The van der Waals surface area contributed by atoms with Gasteiger partial charge in [0.25, 0.3) is 6.43 Å². The molecule has 0 atom stereocenters. The van der Waals surface area contributed by atoms with Gasteiger partial charge in [0.1, 0.15) is 5.82 Å². The fourth-order valence-corrected chi connectivity index (χ4v) is 1.02. The minimum atomic E-state index is -2.80. The van der Waals surface area contributed by atoms with Crippen LogP contribution >= 0.6 is 15.9 Å². The molecule has 0 fully saturated rings. The van der Waals surface area contributed by atoms with Crippen LogP contribution in [0.5, 0.6) is 0 Å². The van der Waals surface area contributed by atoms with Crippen molar-refractivity contribution in [3.63, 3.8) is 0 Å². The molecular formula is C7H5BrF3N. The highest BCUT2D eigenvalue weighted by Crippen LogP contribution is 2.21. The largest absolute Gasteiger partial charge is 0.268 e. The monoisotopic (exact) mass is 239 g/mol. The van der Waals surface area contributed by atoms with Crippen molar-refractivity contribution < 1.29 is 13.2 Å². The van der Waals surface area contributed by atoms with Gasteiger partial charge in [0.2, 0.25) is 0 Å². The Balaban J connectivity index is 3.03. The number of pyridine rings is 1. The second-order valence-corrected chi connectivity index (χ2v) is 2.69. The molecule has 5 heteroatoms. The maximum Gasteiger partial charge on any atom is 0.268 e. The topological polar surface area (TPSA) is 12.9 Å². The van der Waals surface area contributed by atoms with Gasteiger partial charge in [-0.25, -0.2) is 13.2 Å². The van der Waals surface area contributed by atoms with Gasteiger partial charge in [0, 0.05) is 11.5 Å². The summed E-state index contributed by atoms with van der Waals surface area (Å²) < 4.78 is 36.7. The van der Waals surface area contributed by atoms with Gasteiger partial charge in [-0.15, -0.1) is 0 Å². The van der Waals surface area contributed by atoms with E-state index in [0.717, 1.165) is 12.3 Å². The molecule has 0 saturated heterocycles. The van der Waals surface area contributed by atoms with E-state index in [-0.39, 0.29) is 0 Å². The van der Waals surface area contributed by atoms with E-state index in [1.54, 1.807) is 0 Å². The van der Waals surface area contributed by atoms with Gasteiger partial charge in [-0.05, 0) is 6.07 Å². The van der Waals surface area contributed by atoms with E-state index in [9.17, 15) is 13.2 Å². The number of hydrogen-bond acceptors (Lipinski definition) is 1. The predicted octanol–water partition coefficient (Wildman–Crippen LogP) is 3.05. The first-order valence-corrected chi connectivity index (χ1v) is 4.25. The Hall–Kier alpha value is -0.580. The third-order valence-electron chi connectivity index (χ3n) is 1.31. The Bertz CT molecular complexity index is 277. The van der Waals surface area contributed by atoms with Crippen LogP contribution in [0.25, 0.3) is 0 Å². The number of halogens is 4. The zero-order valence-corrected chi connectivity index (χ0v) is 7.48. The Morgan fingerprint density at radius 2 is 2.17 bits per heavy atom. The lowest BCUT2D eigenvalue weighted by atomic mass is 10.2. The molecule has 0 aliphatic carbocycles. The Morgan fingerprint density at radius 1 is 1.50 bits per heavy atom. The van der Waals surface area contributed by atoms with E-state index in [1.807, 2.05) is 0 Å². The van der Waals surface area contributed by atoms with Crippen molar-refractivity contribution in [2.24, 2.45) is 0 Å². The fourth-order valence-electron chi connectivity index (χ4n) is 0.715. The van der Waals surface area contributed by atoms with Crippen LogP contribution in [0.4, 0.5) is 13.2 Å². The molecule has 1 aromatic rings. The molecule has 1 heterocycles. The van der Waals surface area contributed by atoms with Gasteiger partial charge in [0.05, 0.1) is 11.3 Å². The van der Waals surface area contributed by atoms with Crippen molar-refractivity contribution in [2.75, 3.05) is 0 Å². The van der Waals surface area contributed by atoms with Crippen LogP contribution in [0, 0.1) is 5.82 Å². The number of nitrogens with zero attached hydrogens (tertiary/aromatic N) is 1. The van der Waals surface area contributed by atoms with Crippen LogP contribution < -0.4 is 0 Å². The lowest BCUT2D eigenvalue weighted by Crippen LogP contribution is -1.95. The standard InChI is InChI=1S/C7H5BrF3N/c8-2-4-1-6(9)5(3-12-4)7(10)11/h1,3,7H,2H2. The van der Waals surface area contributed by atoms with Gasteiger partial charge in [0.15, 0.2) is 0 Å². The number of alkyl halides is 3. The van der Waals surface area contributed by atoms with Crippen molar-refractivity contribution in [1.82, 2.24) is 4.98 Å². The summed E-state index contributed by atoms with van der Waals surface area (Å²) in [5.41, 5.74) is -0.253. The minimum absolute atomic E-state index is 0.355. The third-order valence-corrected chi connectivity index (χ3v) is 1.89. The van der Waals surface area contributed by atoms with Crippen LogP contribution in [0.2, 0.25) is 0 Å². The van der Waals surface area contributed by atoms with Crippen LogP contribution in [0.3, 0.4) is 0 Å². The smallest absolute Gasteiger partial charge is 0.260 e. The van der Waals surface area contributed by atoms with Crippen molar-refractivity contribution in [2.45, 2.75) is 11.8 Å². The first kappa shape index (κ1) is 9.51. The first-order valence-electron chi connectivity index (χ1n) is 3.13. The molecule has 0 N–H and O–H groups in total. The maximum absolute atomic E-state index is 12.7. The Kier molecular flexibility index (Phi) is 3.08. The highest BCUT2D eigenvalue weighted by molar-refractivity contribution is 9.08. The van der Waals surface area contributed by atoms with Crippen molar-refractivity contribution in [3.8, 4) is 0 Å². The number of aromatic nitrogens is 1. The fraction of sp³-hybridized carbons (Fsp3) is 0.286. The van der Waals surface area contributed by atoms with Crippen molar-refractivity contribution >= 4 is 15.9 Å². The van der Waals surface area contributed by atoms with Crippen LogP contribution in [-0.2, 0) is 5.33 Å². The first-order chi connectivity index (χ1) is 5.65. The van der Waals surface area contributed by atoms with Crippen LogP contribution in [0.1, 0.15) is 17.7 Å². The predicted molar refractivity (Wildman–Crippen MR) is 41.8 cm³/mol. The SMILES string of the molecule is Fc1cc(CBr)ncc1C(F)F.